The fraction of sp³-hybridized carbons (Fsp3) is 0.109. The second-order valence-electron chi connectivity index (χ2n) is 31.8. The molecule has 0 aliphatic rings. The first-order chi connectivity index (χ1) is 65.3. The Morgan fingerprint density at radius 1 is 0.321 bits per heavy atom. The number of aryl methyl sites for hydroxylation is 3. The van der Waals surface area contributed by atoms with E-state index in [0.717, 1.165) is 106 Å². The maximum Gasteiger partial charge on any atom is 0.382 e. The molecule has 0 saturated heterocycles. The quantitative estimate of drug-likeness (QED) is 0.0348. The van der Waals surface area contributed by atoms with Crippen molar-refractivity contribution >= 4 is 77.5 Å². The van der Waals surface area contributed by atoms with Gasteiger partial charge in [0.25, 0.3) is 0 Å². The van der Waals surface area contributed by atoms with E-state index in [4.69, 9.17) is 35.4 Å². The molecule has 140 heavy (non-hydrogen) atoms. The summed E-state index contributed by atoms with van der Waals surface area (Å²) in [4.78, 5) is 59.3. The minimum Gasteiger partial charge on any atom is -0.512 e. The summed E-state index contributed by atoms with van der Waals surface area (Å²) in [6, 6.07) is 122. The van der Waals surface area contributed by atoms with Crippen LogP contribution in [-0.2, 0) is 112 Å². The van der Waals surface area contributed by atoms with Crippen LogP contribution in [0.4, 0.5) is 22.0 Å². The Morgan fingerprint density at radius 3 is 1.09 bits per heavy atom. The van der Waals surface area contributed by atoms with Gasteiger partial charge in [-0.3, -0.25) is 47.9 Å². The minimum atomic E-state index is -4.48. The number of carbonyl (C=O) groups is 4. The van der Waals surface area contributed by atoms with E-state index in [1.807, 2.05) is 153 Å². The molecular weight excluding hydrogens is 2480 g/mol. The number of aliphatic hydroxyl groups is 4. The molecule has 4 N–H and O–H groups in total. The Labute approximate surface area is 866 Å². The smallest absolute Gasteiger partial charge is 0.382 e. The number of nitrogens with zero attached hydrogens (tertiary/aromatic N) is 4. The number of aliphatic hydroxyl groups excluding tert-OH is 4. The van der Waals surface area contributed by atoms with E-state index in [2.05, 4.69) is 182 Å². The molecule has 4 heterocycles. The van der Waals surface area contributed by atoms with Crippen molar-refractivity contribution in [1.82, 2.24) is 19.9 Å². The number of alkyl halides is 3. The van der Waals surface area contributed by atoms with Crippen molar-refractivity contribution in [3.8, 4) is 101 Å². The molecule has 0 fully saturated rings. The summed E-state index contributed by atoms with van der Waals surface area (Å²) in [6.45, 7) is 17.4. The number of benzene rings is 14. The van der Waals surface area contributed by atoms with E-state index in [-0.39, 0.29) is 143 Å². The maximum absolute atomic E-state index is 15.2. The van der Waals surface area contributed by atoms with E-state index < -0.39 is 23.4 Å². The topological polar surface area (TPSA) is 201 Å². The van der Waals surface area contributed by atoms with Crippen LogP contribution in [-0.4, -0.2) is 63.5 Å². The van der Waals surface area contributed by atoms with E-state index in [1.54, 1.807) is 42.5 Å². The molecule has 718 valence electrons. The average molecular weight is 2580 g/mol. The fourth-order valence-corrected chi connectivity index (χ4v) is 14.8. The number of pyridine rings is 4. The number of allylic oxidation sites excluding steroid dienone is 8. The number of aromatic nitrogens is 4. The van der Waals surface area contributed by atoms with Gasteiger partial charge in [0.05, 0.1) is 45.1 Å². The number of halogens is 5. The predicted molar refractivity (Wildman–Crippen MR) is 541 cm³/mol. The molecule has 0 unspecified atom stereocenters. The molecule has 4 radical (unpaired) electrons. The van der Waals surface area contributed by atoms with E-state index in [0.29, 0.717) is 28.1 Å². The van der Waals surface area contributed by atoms with E-state index >= 15 is 4.39 Å². The number of fused-ring (bicyclic) bond motifs is 5. The van der Waals surface area contributed by atoms with Crippen LogP contribution in [0.5, 0.6) is 0 Å². The zero-order valence-corrected chi connectivity index (χ0v) is 87.9. The second kappa shape index (κ2) is 55.0. The van der Waals surface area contributed by atoms with Crippen molar-refractivity contribution in [3.05, 3.63) is 445 Å². The van der Waals surface area contributed by atoms with E-state index in [9.17, 15) is 36.7 Å². The number of hydrogen-bond donors (Lipinski definition) is 4. The van der Waals surface area contributed by atoms with Gasteiger partial charge in [-0.1, -0.05) is 290 Å². The number of hydrogen-bond acceptors (Lipinski definition) is 12. The SMILES string of the molecule is CC(=O)C=C(C)O.CC(=O)C=C(C)O.CC(=O)C=C(C)O.CC(=O)C=C(C)O.CCc1cc2ccccc2nc1-c1[c-]ccc(-c2ccccc2)c1.Cc1cc2ccccc2nc1-c1[c-]cc(C(F)(F)F)c(-c2ccc3ccccc3c2)c1.Cc1cc2ccccc2nc1-c1[c-]cc(F)c(-c2ccccc2)c1F.[Ir].[Ir].[Ir].[Ir].[c-]1ccc(-c2ccccc2)cc1-c1nc2ccccc2cc1-c1ccccc1. The summed E-state index contributed by atoms with van der Waals surface area (Å²) in [5, 5.41) is 39.6. The summed E-state index contributed by atoms with van der Waals surface area (Å²) < 4.78 is 71.0. The van der Waals surface area contributed by atoms with Gasteiger partial charge in [-0.2, -0.15) is 13.2 Å². The van der Waals surface area contributed by atoms with Crippen LogP contribution in [0.3, 0.4) is 0 Å². The Hall–Kier alpha value is -13.9. The van der Waals surface area contributed by atoms with Crippen molar-refractivity contribution in [2.24, 2.45) is 0 Å². The molecule has 21 heteroatoms. The van der Waals surface area contributed by atoms with Crippen LogP contribution < -0.4 is 0 Å². The minimum absolute atomic E-state index is 0. The predicted octanol–water partition coefficient (Wildman–Crippen LogP) is 30.9. The monoisotopic (exact) mass is 2580 g/mol. The molecule has 0 amide bonds. The Bertz CT molecular complexity index is 7300. The van der Waals surface area contributed by atoms with Gasteiger partial charge in [0, 0.05) is 116 Å². The molecule has 0 atom stereocenters. The van der Waals surface area contributed by atoms with Crippen LogP contribution in [0.1, 0.15) is 84.6 Å². The summed E-state index contributed by atoms with van der Waals surface area (Å²) >= 11 is 0. The van der Waals surface area contributed by atoms with Gasteiger partial charge in [-0.25, -0.2) is 0 Å². The van der Waals surface area contributed by atoms with Gasteiger partial charge in [-0.05, 0) is 206 Å². The first kappa shape index (κ1) is 113. The third-order valence-corrected chi connectivity index (χ3v) is 20.7. The van der Waals surface area contributed by atoms with Crippen molar-refractivity contribution in [2.75, 3.05) is 0 Å². The number of rotatable bonds is 14. The molecule has 0 saturated carbocycles. The Kier molecular flexibility index (Phi) is 44.4. The van der Waals surface area contributed by atoms with Crippen molar-refractivity contribution in [1.29, 1.82) is 0 Å². The molecule has 4 aromatic heterocycles. The third-order valence-electron chi connectivity index (χ3n) is 20.7. The molecule has 0 bridgehead atoms. The van der Waals surface area contributed by atoms with Crippen LogP contribution in [0.15, 0.2) is 387 Å². The van der Waals surface area contributed by atoms with Gasteiger partial charge in [0.2, 0.25) is 0 Å². The summed E-state index contributed by atoms with van der Waals surface area (Å²) in [7, 11) is 0. The Balaban J connectivity index is 0.000000231. The van der Waals surface area contributed by atoms with Crippen molar-refractivity contribution < 1.29 is 142 Å². The molecule has 0 aliphatic carbocycles. The molecule has 18 aromatic rings. The van der Waals surface area contributed by atoms with Crippen LogP contribution >= 0.6 is 0 Å². The van der Waals surface area contributed by atoms with Gasteiger partial charge in [0.15, 0.2) is 23.1 Å². The second-order valence-corrected chi connectivity index (χ2v) is 31.8. The summed E-state index contributed by atoms with van der Waals surface area (Å²) in [5.74, 6) is -1.53. The number of para-hydroxylation sites is 4. The fourth-order valence-electron chi connectivity index (χ4n) is 14.8. The Morgan fingerprint density at radius 2 is 0.671 bits per heavy atom. The van der Waals surface area contributed by atoms with E-state index in [1.165, 1.54) is 119 Å². The zero-order valence-electron chi connectivity index (χ0n) is 78.3. The molecule has 18 rings (SSSR count). The first-order valence-electron chi connectivity index (χ1n) is 43.6. The van der Waals surface area contributed by atoms with Crippen molar-refractivity contribution in [3.63, 3.8) is 0 Å². The molecule has 0 aliphatic heterocycles. The van der Waals surface area contributed by atoms with Gasteiger partial charge >= 0.3 is 6.18 Å². The molecule has 12 nitrogen and oxygen atoms in total. The number of carbonyl (C=O) groups excluding carboxylic acids is 4. The van der Waals surface area contributed by atoms with Crippen molar-refractivity contribution in [2.45, 2.75) is 88.8 Å². The average Bonchev–Trinajstić information content (AvgIpc) is 0.780. The normalized spacial score (nSPS) is 10.9. The first-order valence-corrected chi connectivity index (χ1v) is 43.6. The molecule has 0 spiro atoms. The largest absolute Gasteiger partial charge is 0.512 e. The molecular formula is C119H99F5Ir4N4O8-4. The standard InChI is InChI=1S/C27H17F3N.C27H18N.C23H18N.C22H14F2N.4C5H8O2.4Ir/c1-17-14-21-8-4-5-9-25(21)31-26(17)22-12-13-24(27(28,29)30)23(16-22)20-11-10-18-6-2-3-7-19(18)15-20;1-3-10-20(11-4-1)22-15-9-16-24(18-22)27-25(21-12-5-2-6-13-21)19-23-14-7-8-17-26(23)28-27;1-2-17-15-20-11-6-7-14-22(20)24-23(17)21-13-8-12-19(16-21)18-9-4-3-5-10-18;1-14-13-16-9-5-6-10-19(16)25-22(14)17-11-12-18(23)20(21(17)24)15-7-3-2-4-8-15;4*1-4(6)3-5(2)7;;;;/h2-11,13-16H,1H3;1-15,17-19H;3-12,14-16H,2H2,1H3;2-10,12-13H,1H3;4*3,6H,1-2H3;;;;/q4*-1;;;;;;;;. The maximum atomic E-state index is 15.2. The van der Waals surface area contributed by atoms with Gasteiger partial charge < -0.3 is 20.4 Å². The zero-order chi connectivity index (χ0) is 97.5. The van der Waals surface area contributed by atoms with Crippen LogP contribution in [0.2, 0.25) is 0 Å². The van der Waals surface area contributed by atoms with Crippen LogP contribution in [0.25, 0.3) is 155 Å². The summed E-state index contributed by atoms with van der Waals surface area (Å²) in [5.41, 5.74) is 19.9. The molecule has 14 aromatic carbocycles. The van der Waals surface area contributed by atoms with Gasteiger partial charge in [0.1, 0.15) is 0 Å². The third kappa shape index (κ3) is 32.6. The summed E-state index contributed by atoms with van der Waals surface area (Å²) in [6.07, 6.45) is 1.14. The van der Waals surface area contributed by atoms with Crippen LogP contribution in [0, 0.1) is 49.7 Å². The number of ketones is 4. The van der Waals surface area contributed by atoms with Gasteiger partial charge in [-0.15, -0.1) is 107 Å².